The lowest BCUT2D eigenvalue weighted by molar-refractivity contribution is 0.0688. The second-order valence-electron chi connectivity index (χ2n) is 4.72. The summed E-state index contributed by atoms with van der Waals surface area (Å²) in [6, 6.07) is 3.12. The molecule has 0 spiro atoms. The molecule has 0 radical (unpaired) electrons. The molecular weight excluding hydrogens is 232 g/mol. The smallest absolute Gasteiger partial charge is 0.341 e. The van der Waals surface area contributed by atoms with E-state index in [-0.39, 0.29) is 11.4 Å². The number of ether oxygens (including phenoxy) is 1. The van der Waals surface area contributed by atoms with Gasteiger partial charge in [-0.25, -0.2) is 9.78 Å². The standard InChI is InChI=1S/C13H18N2O3/c1-15-7-4-10(5-8-15)9-18-12-11(13(16)17)3-2-6-14-12/h2-3,6,10H,4-5,7-9H2,1H3,(H,16,17). The molecule has 18 heavy (non-hydrogen) atoms. The summed E-state index contributed by atoms with van der Waals surface area (Å²) < 4.78 is 5.56. The second-order valence-corrected chi connectivity index (χ2v) is 4.72. The van der Waals surface area contributed by atoms with Crippen molar-refractivity contribution in [3.63, 3.8) is 0 Å². The Morgan fingerprint density at radius 2 is 2.28 bits per heavy atom. The highest BCUT2D eigenvalue weighted by Crippen LogP contribution is 2.19. The molecule has 0 aliphatic carbocycles. The summed E-state index contributed by atoms with van der Waals surface area (Å²) in [5.41, 5.74) is 0.130. The van der Waals surface area contributed by atoms with E-state index in [1.165, 1.54) is 6.07 Å². The molecule has 1 aromatic rings. The average Bonchev–Trinajstić information content (AvgIpc) is 2.38. The van der Waals surface area contributed by atoms with Crippen LogP contribution >= 0.6 is 0 Å². The summed E-state index contributed by atoms with van der Waals surface area (Å²) in [6.45, 7) is 2.69. The van der Waals surface area contributed by atoms with Gasteiger partial charge in [-0.05, 0) is 51.0 Å². The number of hydrogen-bond donors (Lipinski definition) is 1. The van der Waals surface area contributed by atoms with Gasteiger partial charge in [0.2, 0.25) is 5.88 Å². The molecule has 1 aromatic heterocycles. The number of aromatic carboxylic acids is 1. The third-order valence-electron chi connectivity index (χ3n) is 3.30. The van der Waals surface area contributed by atoms with Crippen LogP contribution in [0.25, 0.3) is 0 Å². The molecule has 0 unspecified atom stereocenters. The van der Waals surface area contributed by atoms with Crippen LogP contribution in [0, 0.1) is 5.92 Å². The van der Waals surface area contributed by atoms with Gasteiger partial charge in [0, 0.05) is 6.20 Å². The van der Waals surface area contributed by atoms with Gasteiger partial charge < -0.3 is 14.7 Å². The summed E-state index contributed by atoms with van der Waals surface area (Å²) in [4.78, 5) is 17.3. The fourth-order valence-electron chi connectivity index (χ4n) is 2.09. The van der Waals surface area contributed by atoms with Crippen molar-refractivity contribution in [2.75, 3.05) is 26.7 Å². The molecule has 1 aliphatic heterocycles. The number of rotatable bonds is 4. The number of nitrogens with zero attached hydrogens (tertiary/aromatic N) is 2. The molecule has 1 aliphatic rings. The predicted octanol–water partition coefficient (Wildman–Crippen LogP) is 1.50. The predicted molar refractivity (Wildman–Crippen MR) is 66.9 cm³/mol. The Morgan fingerprint density at radius 3 is 2.94 bits per heavy atom. The first-order valence-corrected chi connectivity index (χ1v) is 6.16. The van der Waals surface area contributed by atoms with Gasteiger partial charge in [-0.15, -0.1) is 0 Å². The van der Waals surface area contributed by atoms with Gasteiger partial charge in [0.05, 0.1) is 6.61 Å². The van der Waals surface area contributed by atoms with E-state index in [0.717, 1.165) is 25.9 Å². The van der Waals surface area contributed by atoms with Crippen molar-refractivity contribution in [3.8, 4) is 5.88 Å². The summed E-state index contributed by atoms with van der Waals surface area (Å²) in [7, 11) is 2.11. The molecular formula is C13H18N2O3. The van der Waals surface area contributed by atoms with Crippen LogP contribution in [0.2, 0.25) is 0 Å². The Bertz CT molecular complexity index is 414. The summed E-state index contributed by atoms with van der Waals surface area (Å²) in [5, 5.41) is 9.01. The quantitative estimate of drug-likeness (QED) is 0.877. The molecule has 2 heterocycles. The number of carbonyl (C=O) groups is 1. The normalized spacial score (nSPS) is 17.6. The van der Waals surface area contributed by atoms with Crippen LogP contribution in [0.5, 0.6) is 5.88 Å². The minimum absolute atomic E-state index is 0.130. The van der Waals surface area contributed by atoms with Gasteiger partial charge in [-0.1, -0.05) is 0 Å². The fraction of sp³-hybridized carbons (Fsp3) is 0.538. The number of aromatic nitrogens is 1. The highest BCUT2D eigenvalue weighted by molar-refractivity contribution is 5.90. The Labute approximate surface area is 106 Å². The topological polar surface area (TPSA) is 62.7 Å². The van der Waals surface area contributed by atoms with Gasteiger partial charge in [-0.2, -0.15) is 0 Å². The number of likely N-dealkylation sites (tertiary alicyclic amines) is 1. The van der Waals surface area contributed by atoms with Crippen molar-refractivity contribution in [3.05, 3.63) is 23.9 Å². The molecule has 0 bridgehead atoms. The Balaban J connectivity index is 1.92. The highest BCUT2D eigenvalue weighted by atomic mass is 16.5. The Morgan fingerprint density at radius 1 is 1.56 bits per heavy atom. The minimum atomic E-state index is -0.999. The maximum Gasteiger partial charge on any atom is 0.341 e. The van der Waals surface area contributed by atoms with Crippen LogP contribution in [-0.2, 0) is 0 Å². The molecule has 0 atom stereocenters. The molecule has 1 fully saturated rings. The Kier molecular flexibility index (Phi) is 4.15. The zero-order valence-electron chi connectivity index (χ0n) is 10.5. The zero-order valence-corrected chi connectivity index (χ0v) is 10.5. The monoisotopic (exact) mass is 250 g/mol. The van der Waals surface area contributed by atoms with Crippen molar-refractivity contribution >= 4 is 5.97 Å². The molecule has 0 saturated carbocycles. The number of carboxylic acids is 1. The zero-order chi connectivity index (χ0) is 13.0. The number of carboxylic acid groups (broad SMARTS) is 1. The third-order valence-corrected chi connectivity index (χ3v) is 3.30. The van der Waals surface area contributed by atoms with Crippen molar-refractivity contribution in [1.82, 2.24) is 9.88 Å². The van der Waals surface area contributed by atoms with Gasteiger partial charge in [0.15, 0.2) is 0 Å². The van der Waals surface area contributed by atoms with E-state index in [1.54, 1.807) is 12.3 Å². The number of hydrogen-bond acceptors (Lipinski definition) is 4. The Hall–Kier alpha value is -1.62. The van der Waals surface area contributed by atoms with E-state index >= 15 is 0 Å². The van der Waals surface area contributed by atoms with Crippen LogP contribution in [0.3, 0.4) is 0 Å². The largest absolute Gasteiger partial charge is 0.477 e. The van der Waals surface area contributed by atoms with Crippen LogP contribution in [0.4, 0.5) is 0 Å². The highest BCUT2D eigenvalue weighted by Gasteiger charge is 2.19. The lowest BCUT2D eigenvalue weighted by Crippen LogP contribution is -2.32. The molecule has 0 aromatic carbocycles. The lowest BCUT2D eigenvalue weighted by Gasteiger charge is -2.28. The van der Waals surface area contributed by atoms with E-state index in [4.69, 9.17) is 9.84 Å². The average molecular weight is 250 g/mol. The van der Waals surface area contributed by atoms with Crippen LogP contribution < -0.4 is 4.74 Å². The first-order chi connectivity index (χ1) is 8.66. The van der Waals surface area contributed by atoms with E-state index < -0.39 is 5.97 Å². The SMILES string of the molecule is CN1CCC(COc2ncccc2C(=O)O)CC1. The summed E-state index contributed by atoms with van der Waals surface area (Å²) in [5.74, 6) is -0.282. The van der Waals surface area contributed by atoms with Crippen molar-refractivity contribution in [2.24, 2.45) is 5.92 Å². The number of pyridine rings is 1. The molecule has 1 N–H and O–H groups in total. The van der Waals surface area contributed by atoms with Crippen molar-refractivity contribution in [1.29, 1.82) is 0 Å². The van der Waals surface area contributed by atoms with Gasteiger partial charge >= 0.3 is 5.97 Å². The maximum atomic E-state index is 11.0. The van der Waals surface area contributed by atoms with Gasteiger partial charge in [-0.3, -0.25) is 0 Å². The summed E-state index contributed by atoms with van der Waals surface area (Å²) in [6.07, 6.45) is 3.73. The second kappa shape index (κ2) is 5.82. The van der Waals surface area contributed by atoms with Gasteiger partial charge in [0.1, 0.15) is 5.56 Å². The van der Waals surface area contributed by atoms with E-state index in [2.05, 4.69) is 16.9 Å². The summed E-state index contributed by atoms with van der Waals surface area (Å²) >= 11 is 0. The van der Waals surface area contributed by atoms with Crippen molar-refractivity contribution in [2.45, 2.75) is 12.8 Å². The third kappa shape index (κ3) is 3.20. The van der Waals surface area contributed by atoms with Crippen LogP contribution in [0.15, 0.2) is 18.3 Å². The van der Waals surface area contributed by atoms with Crippen LogP contribution in [0.1, 0.15) is 23.2 Å². The molecule has 2 rings (SSSR count). The molecule has 1 saturated heterocycles. The first-order valence-electron chi connectivity index (χ1n) is 6.16. The van der Waals surface area contributed by atoms with Crippen molar-refractivity contribution < 1.29 is 14.6 Å². The van der Waals surface area contributed by atoms with Gasteiger partial charge in [0.25, 0.3) is 0 Å². The first kappa shape index (κ1) is 12.8. The molecule has 5 heteroatoms. The van der Waals surface area contributed by atoms with E-state index in [0.29, 0.717) is 12.5 Å². The molecule has 0 amide bonds. The number of piperidine rings is 1. The lowest BCUT2D eigenvalue weighted by atomic mass is 9.98. The minimum Gasteiger partial charge on any atom is -0.477 e. The van der Waals surface area contributed by atoms with E-state index in [1.807, 2.05) is 0 Å². The maximum absolute atomic E-state index is 11.0. The molecule has 98 valence electrons. The van der Waals surface area contributed by atoms with E-state index in [9.17, 15) is 4.79 Å². The fourth-order valence-corrected chi connectivity index (χ4v) is 2.09. The molecule has 5 nitrogen and oxygen atoms in total. The van der Waals surface area contributed by atoms with Crippen LogP contribution in [-0.4, -0.2) is 47.7 Å².